The standard InChI is InChI=1S/C6H7N3.C2H6/c1-3-5-4-8-9-6(5)7-2;1-2/h3-4H,1-2H2,(H,8,9);1-2H3. The molecular weight excluding hydrogens is 138 g/mol. The van der Waals surface area contributed by atoms with Gasteiger partial charge in [-0.15, -0.1) is 0 Å². The number of H-pyrrole nitrogens is 1. The molecule has 1 aromatic rings. The van der Waals surface area contributed by atoms with E-state index in [4.69, 9.17) is 0 Å². The van der Waals surface area contributed by atoms with Crippen LogP contribution in [-0.2, 0) is 0 Å². The molecule has 1 aromatic heterocycles. The molecular formula is C8H13N3. The van der Waals surface area contributed by atoms with Gasteiger partial charge >= 0.3 is 0 Å². The molecule has 0 atom stereocenters. The molecule has 0 aliphatic carbocycles. The number of hydrogen-bond acceptors (Lipinski definition) is 2. The van der Waals surface area contributed by atoms with Gasteiger partial charge in [-0.05, 0) is 6.72 Å². The number of aromatic nitrogens is 2. The summed E-state index contributed by atoms with van der Waals surface area (Å²) in [6.45, 7) is 10.9. The van der Waals surface area contributed by atoms with E-state index in [2.05, 4.69) is 28.5 Å². The summed E-state index contributed by atoms with van der Waals surface area (Å²) in [4.78, 5) is 3.66. The first-order chi connectivity index (χ1) is 5.38. The Morgan fingerprint density at radius 1 is 1.64 bits per heavy atom. The molecule has 3 heteroatoms. The Kier molecular flexibility index (Phi) is 4.73. The number of aliphatic imine (C=N–C) groups is 1. The van der Waals surface area contributed by atoms with Crippen LogP contribution in [-0.4, -0.2) is 16.9 Å². The summed E-state index contributed by atoms with van der Waals surface area (Å²) < 4.78 is 0. The third-order valence-electron chi connectivity index (χ3n) is 1.03. The summed E-state index contributed by atoms with van der Waals surface area (Å²) in [5.41, 5.74) is 0.880. The number of nitrogens with zero attached hydrogens (tertiary/aromatic N) is 2. The minimum atomic E-state index is 0.671. The highest BCUT2D eigenvalue weighted by Gasteiger charge is 1.94. The number of hydrogen-bond donors (Lipinski definition) is 1. The molecule has 0 bridgehead atoms. The highest BCUT2D eigenvalue weighted by molar-refractivity contribution is 5.59. The van der Waals surface area contributed by atoms with Gasteiger partial charge in [0.15, 0.2) is 5.82 Å². The third-order valence-corrected chi connectivity index (χ3v) is 1.03. The minimum absolute atomic E-state index is 0.671. The number of aromatic amines is 1. The van der Waals surface area contributed by atoms with Crippen molar-refractivity contribution in [3.63, 3.8) is 0 Å². The van der Waals surface area contributed by atoms with Gasteiger partial charge in [-0.25, -0.2) is 4.99 Å². The van der Waals surface area contributed by atoms with Crippen LogP contribution in [0.2, 0.25) is 0 Å². The Bertz CT molecular complexity index is 202. The Balaban J connectivity index is 0.000000461. The minimum Gasteiger partial charge on any atom is -0.261 e. The fourth-order valence-corrected chi connectivity index (χ4v) is 0.565. The summed E-state index contributed by atoms with van der Waals surface area (Å²) in [5, 5.41) is 6.39. The van der Waals surface area contributed by atoms with E-state index >= 15 is 0 Å². The summed E-state index contributed by atoms with van der Waals surface area (Å²) in [7, 11) is 0. The van der Waals surface area contributed by atoms with Crippen molar-refractivity contribution >= 4 is 18.6 Å². The molecule has 0 amide bonds. The van der Waals surface area contributed by atoms with Crippen molar-refractivity contribution in [2.24, 2.45) is 4.99 Å². The van der Waals surface area contributed by atoms with Crippen LogP contribution in [0.4, 0.5) is 5.82 Å². The molecule has 0 spiro atoms. The van der Waals surface area contributed by atoms with Crippen molar-refractivity contribution in [3.8, 4) is 0 Å². The van der Waals surface area contributed by atoms with Crippen LogP contribution in [0.3, 0.4) is 0 Å². The molecule has 3 nitrogen and oxygen atoms in total. The second kappa shape index (κ2) is 5.41. The zero-order chi connectivity index (χ0) is 8.69. The van der Waals surface area contributed by atoms with Gasteiger partial charge in [0.25, 0.3) is 0 Å². The van der Waals surface area contributed by atoms with Gasteiger partial charge < -0.3 is 0 Å². The Morgan fingerprint density at radius 2 is 2.27 bits per heavy atom. The Morgan fingerprint density at radius 3 is 2.64 bits per heavy atom. The van der Waals surface area contributed by atoms with Crippen LogP contribution in [0, 0.1) is 0 Å². The van der Waals surface area contributed by atoms with Gasteiger partial charge in [-0.2, -0.15) is 5.10 Å². The van der Waals surface area contributed by atoms with Crippen molar-refractivity contribution in [1.82, 2.24) is 10.2 Å². The second-order valence-corrected chi connectivity index (χ2v) is 1.54. The molecule has 60 valence electrons. The molecule has 0 aromatic carbocycles. The maximum atomic E-state index is 3.73. The molecule has 0 aliphatic heterocycles. The van der Waals surface area contributed by atoms with E-state index in [1.807, 2.05) is 13.8 Å². The van der Waals surface area contributed by atoms with Gasteiger partial charge in [0, 0.05) is 5.56 Å². The summed E-state index contributed by atoms with van der Waals surface area (Å²) >= 11 is 0. The number of rotatable bonds is 2. The van der Waals surface area contributed by atoms with Crippen LogP contribution in [0.1, 0.15) is 19.4 Å². The highest BCUT2D eigenvalue weighted by atomic mass is 15.2. The molecule has 1 N–H and O–H groups in total. The summed E-state index contributed by atoms with van der Waals surface area (Å²) in [5.74, 6) is 0.671. The van der Waals surface area contributed by atoms with E-state index in [9.17, 15) is 0 Å². The van der Waals surface area contributed by atoms with Crippen molar-refractivity contribution in [2.45, 2.75) is 13.8 Å². The fraction of sp³-hybridized carbons (Fsp3) is 0.250. The summed E-state index contributed by atoms with van der Waals surface area (Å²) in [6.07, 6.45) is 3.32. The van der Waals surface area contributed by atoms with Gasteiger partial charge in [0.1, 0.15) is 0 Å². The molecule has 0 radical (unpaired) electrons. The first kappa shape index (κ1) is 9.62. The molecule has 0 unspecified atom stereocenters. The lowest BCUT2D eigenvalue weighted by molar-refractivity contribution is 1.08. The van der Waals surface area contributed by atoms with Crippen LogP contribution < -0.4 is 0 Å². The van der Waals surface area contributed by atoms with E-state index < -0.39 is 0 Å². The summed E-state index contributed by atoms with van der Waals surface area (Å²) in [6, 6.07) is 0. The van der Waals surface area contributed by atoms with E-state index in [1.165, 1.54) is 0 Å². The first-order valence-corrected chi connectivity index (χ1v) is 3.51. The lowest BCUT2D eigenvalue weighted by Crippen LogP contribution is -1.64. The molecule has 0 aliphatic rings. The Hall–Kier alpha value is -1.38. The van der Waals surface area contributed by atoms with Crippen LogP contribution in [0.5, 0.6) is 0 Å². The van der Waals surface area contributed by atoms with Crippen LogP contribution in [0.25, 0.3) is 6.08 Å². The second-order valence-electron chi connectivity index (χ2n) is 1.54. The zero-order valence-corrected chi connectivity index (χ0v) is 6.96. The molecule has 1 heterocycles. The van der Waals surface area contributed by atoms with E-state index in [0.29, 0.717) is 5.82 Å². The normalized spacial score (nSPS) is 7.82. The quantitative estimate of drug-likeness (QED) is 0.648. The SMILES string of the molecule is C=Cc1cn[nH]c1N=C.CC. The molecule has 0 fully saturated rings. The zero-order valence-electron chi connectivity index (χ0n) is 6.96. The van der Waals surface area contributed by atoms with Crippen molar-refractivity contribution in [3.05, 3.63) is 18.3 Å². The molecule has 0 saturated carbocycles. The maximum Gasteiger partial charge on any atom is 0.154 e. The maximum absolute atomic E-state index is 3.73. The predicted molar refractivity (Wildman–Crippen MR) is 49.2 cm³/mol. The fourth-order valence-electron chi connectivity index (χ4n) is 0.565. The molecule has 1 rings (SSSR count). The first-order valence-electron chi connectivity index (χ1n) is 3.51. The van der Waals surface area contributed by atoms with E-state index in [-0.39, 0.29) is 0 Å². The predicted octanol–water partition coefficient (Wildman–Crippen LogP) is 2.41. The lowest BCUT2D eigenvalue weighted by Gasteiger charge is -1.83. The smallest absolute Gasteiger partial charge is 0.154 e. The number of nitrogens with one attached hydrogen (secondary N) is 1. The monoisotopic (exact) mass is 151 g/mol. The van der Waals surface area contributed by atoms with Gasteiger partial charge in [-0.1, -0.05) is 26.5 Å². The van der Waals surface area contributed by atoms with Crippen molar-refractivity contribution in [2.75, 3.05) is 0 Å². The van der Waals surface area contributed by atoms with Gasteiger partial charge in [0.2, 0.25) is 0 Å². The van der Waals surface area contributed by atoms with Crippen LogP contribution in [0.15, 0.2) is 17.8 Å². The third kappa shape index (κ3) is 2.37. The highest BCUT2D eigenvalue weighted by Crippen LogP contribution is 2.13. The van der Waals surface area contributed by atoms with Gasteiger partial charge in [0.05, 0.1) is 6.20 Å². The average molecular weight is 151 g/mol. The Labute approximate surface area is 66.9 Å². The lowest BCUT2D eigenvalue weighted by atomic mass is 10.3. The molecule has 0 saturated heterocycles. The van der Waals surface area contributed by atoms with E-state index in [0.717, 1.165) is 5.56 Å². The largest absolute Gasteiger partial charge is 0.261 e. The van der Waals surface area contributed by atoms with Crippen LogP contribution >= 0.6 is 0 Å². The van der Waals surface area contributed by atoms with Gasteiger partial charge in [-0.3, -0.25) is 5.10 Å². The topological polar surface area (TPSA) is 41.0 Å². The molecule has 11 heavy (non-hydrogen) atoms. The van der Waals surface area contributed by atoms with E-state index in [1.54, 1.807) is 12.3 Å². The average Bonchev–Trinajstić information content (AvgIpc) is 2.54. The van der Waals surface area contributed by atoms with Crippen molar-refractivity contribution < 1.29 is 0 Å². The van der Waals surface area contributed by atoms with Crippen molar-refractivity contribution in [1.29, 1.82) is 0 Å².